The van der Waals surface area contributed by atoms with E-state index in [0.29, 0.717) is 0 Å². The molecule has 0 atom stereocenters. The molecule has 0 amide bonds. The normalized spacial score (nSPS) is 10.2. The maximum atomic E-state index is 11.0. The van der Waals surface area contributed by atoms with E-state index in [4.69, 9.17) is 0 Å². The van der Waals surface area contributed by atoms with E-state index in [1.165, 1.54) is 50.5 Å². The minimum absolute atomic E-state index is 0.118. The van der Waals surface area contributed by atoms with Gasteiger partial charge in [0.1, 0.15) is 0 Å². The summed E-state index contributed by atoms with van der Waals surface area (Å²) in [6.45, 7) is 15.0. The predicted molar refractivity (Wildman–Crippen MR) is 134 cm³/mol. The molecule has 0 saturated heterocycles. The van der Waals surface area contributed by atoms with Gasteiger partial charge in [0.05, 0.1) is 0 Å². The second-order valence-electron chi connectivity index (χ2n) is 7.51. The molecule has 0 aliphatic heterocycles. The fourth-order valence-electron chi connectivity index (χ4n) is 2.60. The minimum Gasteiger partial charge on any atom is -0.295 e. The van der Waals surface area contributed by atoms with E-state index >= 15 is 0 Å². The maximum absolute atomic E-state index is 11.0. The molecular formula is C26H47F3OS. The second-order valence-corrected chi connectivity index (χ2v) is 8.38. The molecule has 0 heterocycles. The fourth-order valence-corrected chi connectivity index (χ4v) is 2.60. The summed E-state index contributed by atoms with van der Waals surface area (Å²) in [6, 6.07) is 7.85. The Balaban J connectivity index is -0.000000366. The van der Waals surface area contributed by atoms with Crippen LogP contribution in [0.2, 0.25) is 0 Å². The summed E-state index contributed by atoms with van der Waals surface area (Å²) in [5.74, 6) is 1.16. The predicted octanol–water partition coefficient (Wildman–Crippen LogP) is 10.1. The number of Topliss-reactive ketones (excluding diaryl/α,β-unsaturated/α-hetero) is 1. The molecule has 184 valence electrons. The Bertz CT molecular complexity index is 508. The summed E-state index contributed by atoms with van der Waals surface area (Å²) in [7, 11) is 0. The third kappa shape index (κ3) is 27.0. The van der Waals surface area contributed by atoms with E-state index < -0.39 is 5.51 Å². The van der Waals surface area contributed by atoms with Crippen molar-refractivity contribution in [1.82, 2.24) is 0 Å². The molecule has 0 unspecified atom stereocenters. The van der Waals surface area contributed by atoms with Crippen LogP contribution in [0.3, 0.4) is 0 Å². The van der Waals surface area contributed by atoms with Gasteiger partial charge < -0.3 is 0 Å². The summed E-state index contributed by atoms with van der Waals surface area (Å²) in [6.07, 6.45) is 12.8. The zero-order valence-corrected chi connectivity index (χ0v) is 22.0. The van der Waals surface area contributed by atoms with Gasteiger partial charge in [0.2, 0.25) is 0 Å². The number of carbonyl (C=O) groups is 1. The van der Waals surface area contributed by atoms with Gasteiger partial charge in [-0.05, 0) is 37.1 Å². The standard InChI is InChI=1S/C11H14O.C9H20.C4H10.C2H3F3S/c1-3-5-10-6-4-7-11(8-10)9(2)12;1-4-7-9(6-3)8-5-2;1-3-4-2;1-6-2(3,4)5/h4,6-8H,3,5H2,1-2H3;9H,4-8H2,1-3H3;3-4H2,1-2H3;1H3. The first-order valence-corrected chi connectivity index (χ1v) is 13.0. The van der Waals surface area contributed by atoms with Crippen LogP contribution >= 0.6 is 11.8 Å². The van der Waals surface area contributed by atoms with Crippen molar-refractivity contribution in [2.24, 2.45) is 5.92 Å². The first kappa shape index (κ1) is 34.6. The molecule has 0 aliphatic carbocycles. The van der Waals surface area contributed by atoms with Gasteiger partial charge in [0.25, 0.3) is 0 Å². The quantitative estimate of drug-likeness (QED) is 0.338. The van der Waals surface area contributed by atoms with Crippen LogP contribution in [0.15, 0.2) is 24.3 Å². The van der Waals surface area contributed by atoms with Crippen LogP contribution < -0.4 is 0 Å². The fraction of sp³-hybridized carbons (Fsp3) is 0.731. The lowest BCUT2D eigenvalue weighted by Gasteiger charge is -2.10. The van der Waals surface area contributed by atoms with E-state index in [-0.39, 0.29) is 17.5 Å². The molecule has 0 spiro atoms. The van der Waals surface area contributed by atoms with Crippen molar-refractivity contribution < 1.29 is 18.0 Å². The van der Waals surface area contributed by atoms with Crippen LogP contribution in [-0.2, 0) is 6.42 Å². The molecule has 0 radical (unpaired) electrons. The largest absolute Gasteiger partial charge is 0.441 e. The van der Waals surface area contributed by atoms with E-state index in [0.717, 1.165) is 30.6 Å². The first-order valence-electron chi connectivity index (χ1n) is 11.8. The SMILES string of the molecule is CCCC.CCCC(CC)CCC.CCCc1cccc(C(C)=O)c1.CSC(F)(F)F. The lowest BCUT2D eigenvalue weighted by molar-refractivity contribution is -0.0323. The molecule has 5 heteroatoms. The van der Waals surface area contributed by atoms with Crippen molar-refractivity contribution in [1.29, 1.82) is 0 Å². The molecule has 1 aromatic carbocycles. The Labute approximate surface area is 195 Å². The highest BCUT2D eigenvalue weighted by Gasteiger charge is 2.24. The topological polar surface area (TPSA) is 17.1 Å². The number of rotatable bonds is 9. The van der Waals surface area contributed by atoms with Gasteiger partial charge in [-0.3, -0.25) is 4.79 Å². The number of thioether (sulfide) groups is 1. The Hall–Kier alpha value is -0.970. The molecule has 1 rings (SSSR count). The monoisotopic (exact) mass is 464 g/mol. The lowest BCUT2D eigenvalue weighted by atomic mass is 9.96. The van der Waals surface area contributed by atoms with Crippen molar-refractivity contribution in [3.63, 3.8) is 0 Å². The molecule has 0 saturated carbocycles. The van der Waals surface area contributed by atoms with Crippen molar-refractivity contribution in [2.45, 2.75) is 112 Å². The van der Waals surface area contributed by atoms with Crippen molar-refractivity contribution >= 4 is 17.5 Å². The highest BCUT2D eigenvalue weighted by atomic mass is 32.2. The zero-order chi connectivity index (χ0) is 24.7. The maximum Gasteiger partial charge on any atom is 0.441 e. The van der Waals surface area contributed by atoms with Crippen LogP contribution in [0.1, 0.15) is 116 Å². The third-order valence-electron chi connectivity index (χ3n) is 4.57. The van der Waals surface area contributed by atoms with Crippen molar-refractivity contribution in [3.05, 3.63) is 35.4 Å². The lowest BCUT2D eigenvalue weighted by Crippen LogP contribution is -1.96. The molecule has 0 fully saturated rings. The first-order chi connectivity index (χ1) is 14.6. The van der Waals surface area contributed by atoms with Crippen LogP contribution in [0.4, 0.5) is 13.2 Å². The van der Waals surface area contributed by atoms with Gasteiger partial charge in [-0.2, -0.15) is 13.2 Å². The molecule has 1 aromatic rings. The van der Waals surface area contributed by atoms with Crippen LogP contribution in [-0.4, -0.2) is 17.5 Å². The summed E-state index contributed by atoms with van der Waals surface area (Å²) in [5.41, 5.74) is -1.97. The molecule has 0 bridgehead atoms. The van der Waals surface area contributed by atoms with Gasteiger partial charge in [0.15, 0.2) is 5.78 Å². The van der Waals surface area contributed by atoms with Crippen LogP contribution in [0, 0.1) is 5.92 Å². The van der Waals surface area contributed by atoms with E-state index in [1.54, 1.807) is 6.92 Å². The van der Waals surface area contributed by atoms with Crippen molar-refractivity contribution in [2.75, 3.05) is 6.26 Å². The number of halogens is 3. The Kier molecular flexibility index (Phi) is 26.5. The van der Waals surface area contributed by atoms with Gasteiger partial charge in [-0.1, -0.05) is 123 Å². The Morgan fingerprint density at radius 1 is 0.903 bits per heavy atom. The molecule has 0 aliphatic rings. The number of hydrogen-bond donors (Lipinski definition) is 0. The zero-order valence-electron chi connectivity index (χ0n) is 21.2. The average molecular weight is 465 g/mol. The van der Waals surface area contributed by atoms with Gasteiger partial charge in [-0.15, -0.1) is 0 Å². The number of unbranched alkanes of at least 4 members (excludes halogenated alkanes) is 1. The number of aryl methyl sites for hydroxylation is 1. The van der Waals surface area contributed by atoms with Crippen LogP contribution in [0.25, 0.3) is 0 Å². The molecule has 1 nitrogen and oxygen atoms in total. The smallest absolute Gasteiger partial charge is 0.295 e. The van der Waals surface area contributed by atoms with E-state index in [9.17, 15) is 18.0 Å². The third-order valence-corrected chi connectivity index (χ3v) is 5.04. The van der Waals surface area contributed by atoms with Crippen molar-refractivity contribution in [3.8, 4) is 0 Å². The molecule has 0 N–H and O–H groups in total. The number of hydrogen-bond acceptors (Lipinski definition) is 2. The minimum atomic E-state index is -4.04. The summed E-state index contributed by atoms with van der Waals surface area (Å²) >= 11 is -0.118. The average Bonchev–Trinajstić information content (AvgIpc) is 2.74. The van der Waals surface area contributed by atoms with Gasteiger partial charge in [-0.25, -0.2) is 0 Å². The highest BCUT2D eigenvalue weighted by Crippen LogP contribution is 2.26. The molecule has 0 aromatic heterocycles. The number of ketones is 1. The van der Waals surface area contributed by atoms with Gasteiger partial charge in [0, 0.05) is 5.56 Å². The number of alkyl halides is 3. The van der Waals surface area contributed by atoms with Crippen LogP contribution in [0.5, 0.6) is 0 Å². The summed E-state index contributed by atoms with van der Waals surface area (Å²) in [5, 5.41) is 0. The highest BCUT2D eigenvalue weighted by molar-refractivity contribution is 7.99. The molecule has 31 heavy (non-hydrogen) atoms. The number of carbonyl (C=O) groups excluding carboxylic acids is 1. The summed E-state index contributed by atoms with van der Waals surface area (Å²) in [4.78, 5) is 11.0. The Morgan fingerprint density at radius 3 is 1.68 bits per heavy atom. The molecular weight excluding hydrogens is 417 g/mol. The van der Waals surface area contributed by atoms with E-state index in [2.05, 4.69) is 47.6 Å². The summed E-state index contributed by atoms with van der Waals surface area (Å²) < 4.78 is 32.2. The Morgan fingerprint density at radius 2 is 1.39 bits per heavy atom. The number of benzene rings is 1. The second kappa shape index (κ2) is 23.7. The van der Waals surface area contributed by atoms with E-state index in [1.807, 2.05) is 18.2 Å². The van der Waals surface area contributed by atoms with Gasteiger partial charge >= 0.3 is 5.51 Å².